The molecule has 2 aromatic carbocycles. The SMILES string of the molecule is COc1ccc(OCC(=O)OC(C)C(=O)Nc2ccccc2[N+](=O)[O-])cc1. The maximum absolute atomic E-state index is 12.1. The average Bonchev–Trinajstić information content (AvgIpc) is 2.67. The number of rotatable bonds is 8. The molecule has 0 aliphatic carbocycles. The van der Waals surface area contributed by atoms with E-state index in [1.807, 2.05) is 0 Å². The van der Waals surface area contributed by atoms with Gasteiger partial charge in [-0.2, -0.15) is 0 Å². The Bertz CT molecular complexity index is 821. The van der Waals surface area contributed by atoms with Gasteiger partial charge in [0.2, 0.25) is 0 Å². The fourth-order valence-corrected chi connectivity index (χ4v) is 2.07. The van der Waals surface area contributed by atoms with E-state index >= 15 is 0 Å². The second-order valence-corrected chi connectivity index (χ2v) is 5.36. The highest BCUT2D eigenvalue weighted by molar-refractivity contribution is 5.96. The molecular formula is C18H18N2O7. The van der Waals surface area contributed by atoms with E-state index in [-0.39, 0.29) is 11.4 Å². The van der Waals surface area contributed by atoms with Crippen molar-refractivity contribution in [2.24, 2.45) is 0 Å². The third-order valence-corrected chi connectivity index (χ3v) is 3.45. The minimum atomic E-state index is -1.16. The van der Waals surface area contributed by atoms with Gasteiger partial charge in [0.25, 0.3) is 11.6 Å². The number of benzene rings is 2. The van der Waals surface area contributed by atoms with Gasteiger partial charge in [-0.3, -0.25) is 14.9 Å². The molecule has 0 bridgehead atoms. The molecule has 0 aliphatic heterocycles. The van der Waals surface area contributed by atoms with Crippen molar-refractivity contribution in [3.63, 3.8) is 0 Å². The number of hydrogen-bond donors (Lipinski definition) is 1. The summed E-state index contributed by atoms with van der Waals surface area (Å²) in [4.78, 5) is 34.3. The van der Waals surface area contributed by atoms with Crippen molar-refractivity contribution in [2.45, 2.75) is 13.0 Å². The van der Waals surface area contributed by atoms with E-state index in [1.54, 1.807) is 30.3 Å². The van der Waals surface area contributed by atoms with Crippen LogP contribution in [0.5, 0.6) is 11.5 Å². The highest BCUT2D eigenvalue weighted by Gasteiger charge is 2.21. The summed E-state index contributed by atoms with van der Waals surface area (Å²) in [6.07, 6.45) is -1.16. The molecule has 0 spiro atoms. The smallest absolute Gasteiger partial charge is 0.344 e. The van der Waals surface area contributed by atoms with Gasteiger partial charge in [0.05, 0.1) is 12.0 Å². The quantitative estimate of drug-likeness (QED) is 0.429. The van der Waals surface area contributed by atoms with Crippen LogP contribution in [0.4, 0.5) is 11.4 Å². The fraction of sp³-hybridized carbons (Fsp3) is 0.222. The number of hydrogen-bond acceptors (Lipinski definition) is 7. The largest absolute Gasteiger partial charge is 0.497 e. The van der Waals surface area contributed by atoms with Crippen molar-refractivity contribution >= 4 is 23.3 Å². The maximum Gasteiger partial charge on any atom is 0.344 e. The van der Waals surface area contributed by atoms with Gasteiger partial charge in [-0.15, -0.1) is 0 Å². The summed E-state index contributed by atoms with van der Waals surface area (Å²) in [7, 11) is 1.53. The van der Waals surface area contributed by atoms with Crippen LogP contribution >= 0.6 is 0 Å². The molecule has 0 saturated carbocycles. The minimum Gasteiger partial charge on any atom is -0.497 e. The molecule has 9 heteroatoms. The van der Waals surface area contributed by atoms with Gasteiger partial charge in [-0.25, -0.2) is 4.79 Å². The second-order valence-electron chi connectivity index (χ2n) is 5.36. The van der Waals surface area contributed by atoms with E-state index in [4.69, 9.17) is 14.2 Å². The highest BCUT2D eigenvalue weighted by Crippen LogP contribution is 2.23. The molecule has 27 heavy (non-hydrogen) atoms. The molecule has 0 heterocycles. The van der Waals surface area contributed by atoms with Gasteiger partial charge in [-0.1, -0.05) is 12.1 Å². The molecule has 2 rings (SSSR count). The number of nitrogens with zero attached hydrogens (tertiary/aromatic N) is 1. The summed E-state index contributed by atoms with van der Waals surface area (Å²) in [5.41, 5.74) is -0.239. The number of anilines is 1. The predicted octanol–water partition coefficient (Wildman–Crippen LogP) is 2.55. The van der Waals surface area contributed by atoms with Crippen LogP contribution in [0.1, 0.15) is 6.92 Å². The van der Waals surface area contributed by atoms with Crippen LogP contribution < -0.4 is 14.8 Å². The molecule has 1 atom stereocenters. The van der Waals surface area contributed by atoms with Crippen LogP contribution in [0.25, 0.3) is 0 Å². The van der Waals surface area contributed by atoms with Crippen LogP contribution in [-0.2, 0) is 14.3 Å². The van der Waals surface area contributed by atoms with Crippen LogP contribution in [-0.4, -0.2) is 36.6 Å². The first-order chi connectivity index (χ1) is 12.9. The monoisotopic (exact) mass is 374 g/mol. The zero-order valence-electron chi connectivity index (χ0n) is 14.7. The summed E-state index contributed by atoms with van der Waals surface area (Å²) in [5.74, 6) is -0.367. The molecule has 2 aromatic rings. The Labute approximate surface area is 155 Å². The predicted molar refractivity (Wildman–Crippen MR) is 95.8 cm³/mol. The second kappa shape index (κ2) is 9.18. The van der Waals surface area contributed by atoms with Crippen molar-refractivity contribution in [2.75, 3.05) is 19.0 Å². The third kappa shape index (κ3) is 5.70. The van der Waals surface area contributed by atoms with Crippen molar-refractivity contribution in [3.8, 4) is 11.5 Å². The molecule has 0 radical (unpaired) electrons. The molecule has 0 aromatic heterocycles. The summed E-state index contributed by atoms with van der Waals surface area (Å²) in [5, 5.41) is 13.3. The van der Waals surface area contributed by atoms with Gasteiger partial charge in [0.15, 0.2) is 12.7 Å². The zero-order valence-corrected chi connectivity index (χ0v) is 14.7. The number of para-hydroxylation sites is 2. The van der Waals surface area contributed by atoms with Crippen molar-refractivity contribution in [1.29, 1.82) is 0 Å². The van der Waals surface area contributed by atoms with E-state index in [0.29, 0.717) is 11.5 Å². The lowest BCUT2D eigenvalue weighted by Crippen LogP contribution is -2.31. The number of carbonyl (C=O) groups excluding carboxylic acids is 2. The van der Waals surface area contributed by atoms with Gasteiger partial charge < -0.3 is 19.5 Å². The maximum atomic E-state index is 12.1. The molecule has 0 aliphatic rings. The summed E-state index contributed by atoms with van der Waals surface area (Å²) in [6, 6.07) is 12.3. The van der Waals surface area contributed by atoms with Gasteiger partial charge in [0.1, 0.15) is 17.2 Å². The molecule has 0 saturated heterocycles. The average molecular weight is 374 g/mol. The Morgan fingerprint density at radius 3 is 2.37 bits per heavy atom. The lowest BCUT2D eigenvalue weighted by Gasteiger charge is -2.14. The van der Waals surface area contributed by atoms with Crippen LogP contribution in [0.2, 0.25) is 0 Å². The Balaban J connectivity index is 1.86. The van der Waals surface area contributed by atoms with E-state index in [1.165, 1.54) is 32.2 Å². The highest BCUT2D eigenvalue weighted by atomic mass is 16.6. The Hall–Kier alpha value is -3.62. The molecular weight excluding hydrogens is 356 g/mol. The Morgan fingerprint density at radius 1 is 1.11 bits per heavy atom. The van der Waals surface area contributed by atoms with E-state index in [2.05, 4.69) is 5.32 Å². The standard InChI is InChI=1S/C18H18N2O7/c1-12(18(22)19-15-5-3-4-6-16(15)20(23)24)27-17(21)11-26-14-9-7-13(25-2)8-10-14/h3-10,12H,11H2,1-2H3,(H,19,22). The zero-order chi connectivity index (χ0) is 19.8. The summed E-state index contributed by atoms with van der Waals surface area (Å²) < 4.78 is 15.3. The Kier molecular flexibility index (Phi) is 6.70. The third-order valence-electron chi connectivity index (χ3n) is 3.45. The molecule has 1 amide bonds. The number of ether oxygens (including phenoxy) is 3. The molecule has 0 fully saturated rings. The van der Waals surface area contributed by atoms with Crippen molar-refractivity contribution in [1.82, 2.24) is 0 Å². The summed E-state index contributed by atoms with van der Waals surface area (Å²) in [6.45, 7) is 0.963. The van der Waals surface area contributed by atoms with Gasteiger partial charge >= 0.3 is 5.97 Å². The van der Waals surface area contributed by atoms with E-state index in [9.17, 15) is 19.7 Å². The first-order valence-corrected chi connectivity index (χ1v) is 7.91. The Morgan fingerprint density at radius 2 is 1.74 bits per heavy atom. The number of methoxy groups -OCH3 is 1. The lowest BCUT2D eigenvalue weighted by molar-refractivity contribution is -0.383. The first-order valence-electron chi connectivity index (χ1n) is 7.91. The number of carbonyl (C=O) groups is 2. The number of nitro benzene ring substituents is 1. The number of amides is 1. The molecule has 1 N–H and O–H groups in total. The number of nitro groups is 1. The topological polar surface area (TPSA) is 117 Å². The van der Waals surface area contributed by atoms with Crippen LogP contribution in [0, 0.1) is 10.1 Å². The van der Waals surface area contributed by atoms with Crippen molar-refractivity contribution in [3.05, 3.63) is 58.6 Å². The minimum absolute atomic E-state index is 0.0184. The normalized spacial score (nSPS) is 11.2. The molecule has 9 nitrogen and oxygen atoms in total. The number of esters is 1. The van der Waals surface area contributed by atoms with E-state index < -0.39 is 29.5 Å². The van der Waals surface area contributed by atoms with Crippen LogP contribution in [0.15, 0.2) is 48.5 Å². The molecule has 142 valence electrons. The molecule has 1 unspecified atom stereocenters. The lowest BCUT2D eigenvalue weighted by atomic mass is 10.2. The van der Waals surface area contributed by atoms with Gasteiger partial charge in [-0.05, 0) is 37.3 Å². The van der Waals surface area contributed by atoms with Crippen molar-refractivity contribution < 1.29 is 28.7 Å². The first kappa shape index (κ1) is 19.7. The number of nitrogens with one attached hydrogen (secondary N) is 1. The van der Waals surface area contributed by atoms with Gasteiger partial charge in [0, 0.05) is 6.07 Å². The fourth-order valence-electron chi connectivity index (χ4n) is 2.07. The van der Waals surface area contributed by atoms with Crippen LogP contribution in [0.3, 0.4) is 0 Å². The van der Waals surface area contributed by atoms with E-state index in [0.717, 1.165) is 0 Å². The summed E-state index contributed by atoms with van der Waals surface area (Å²) >= 11 is 0.